The molecule has 0 amide bonds. The Morgan fingerprint density at radius 2 is 1.78 bits per heavy atom. The third-order valence-corrected chi connectivity index (χ3v) is 2.42. The van der Waals surface area contributed by atoms with E-state index in [-0.39, 0.29) is 5.75 Å². The molecule has 0 aliphatic rings. The number of pyridine rings is 1. The molecule has 1 atom stereocenters. The van der Waals surface area contributed by atoms with E-state index in [1.807, 2.05) is 0 Å². The monoisotopic (exact) mass is 251 g/mol. The van der Waals surface area contributed by atoms with Crippen LogP contribution in [0.1, 0.15) is 17.2 Å². The van der Waals surface area contributed by atoms with Crippen molar-refractivity contribution in [2.24, 2.45) is 0 Å². The van der Waals surface area contributed by atoms with Crippen molar-refractivity contribution in [2.45, 2.75) is 12.7 Å². The minimum atomic E-state index is -2.85. The fourth-order valence-corrected chi connectivity index (χ4v) is 1.56. The molecule has 0 aliphatic carbocycles. The lowest BCUT2D eigenvalue weighted by Crippen LogP contribution is -2.03. The number of rotatable bonds is 4. The number of ether oxygens (including phenoxy) is 1. The molecule has 1 aromatic heterocycles. The first-order valence-electron chi connectivity index (χ1n) is 5.29. The van der Waals surface area contributed by atoms with Gasteiger partial charge in [-0.2, -0.15) is 8.78 Å². The summed E-state index contributed by atoms with van der Waals surface area (Å²) in [6.45, 7) is -2.85. The van der Waals surface area contributed by atoms with Crippen LogP contribution in [0.15, 0.2) is 48.8 Å². The van der Waals surface area contributed by atoms with Gasteiger partial charge in [0.05, 0.1) is 0 Å². The van der Waals surface area contributed by atoms with Gasteiger partial charge in [0.15, 0.2) is 0 Å². The highest BCUT2D eigenvalue weighted by Gasteiger charge is 2.11. The Morgan fingerprint density at radius 3 is 2.33 bits per heavy atom. The molecule has 3 nitrogen and oxygen atoms in total. The van der Waals surface area contributed by atoms with Gasteiger partial charge >= 0.3 is 6.61 Å². The summed E-state index contributed by atoms with van der Waals surface area (Å²) in [5.74, 6) is 0.0622. The number of hydrogen-bond acceptors (Lipinski definition) is 3. The molecule has 94 valence electrons. The molecule has 1 aromatic carbocycles. The highest BCUT2D eigenvalue weighted by molar-refractivity contribution is 5.33. The molecular weight excluding hydrogens is 240 g/mol. The zero-order chi connectivity index (χ0) is 13.0. The van der Waals surface area contributed by atoms with E-state index in [4.69, 9.17) is 0 Å². The minimum absolute atomic E-state index is 0.0622. The second kappa shape index (κ2) is 5.55. The van der Waals surface area contributed by atoms with Gasteiger partial charge in [0, 0.05) is 18.0 Å². The van der Waals surface area contributed by atoms with Gasteiger partial charge in [-0.15, -0.1) is 0 Å². The number of aliphatic hydroxyl groups is 1. The van der Waals surface area contributed by atoms with E-state index in [1.54, 1.807) is 24.5 Å². The second-order valence-corrected chi connectivity index (χ2v) is 3.64. The van der Waals surface area contributed by atoms with Crippen LogP contribution in [0.3, 0.4) is 0 Å². The number of halogens is 2. The van der Waals surface area contributed by atoms with Crippen LogP contribution in [-0.2, 0) is 0 Å². The normalized spacial score (nSPS) is 12.4. The molecule has 5 heteroatoms. The summed E-state index contributed by atoms with van der Waals surface area (Å²) in [6.07, 6.45) is 2.32. The summed E-state index contributed by atoms with van der Waals surface area (Å²) in [4.78, 5) is 3.90. The topological polar surface area (TPSA) is 42.4 Å². The summed E-state index contributed by atoms with van der Waals surface area (Å²) >= 11 is 0. The van der Waals surface area contributed by atoms with Crippen LogP contribution in [0.5, 0.6) is 5.75 Å². The van der Waals surface area contributed by atoms with Gasteiger partial charge in [-0.3, -0.25) is 4.98 Å². The predicted octanol–water partition coefficient (Wildman–Crippen LogP) is 2.76. The van der Waals surface area contributed by atoms with Gasteiger partial charge < -0.3 is 9.84 Å². The maximum Gasteiger partial charge on any atom is 0.387 e. The standard InChI is InChI=1S/C13H11F2NO2/c14-13(15)18-11-5-3-9(4-6-11)12(17)10-2-1-7-16-8-10/h1-8,12-13,17H. The zero-order valence-electron chi connectivity index (χ0n) is 9.33. The minimum Gasteiger partial charge on any atom is -0.435 e. The molecule has 0 aliphatic heterocycles. The lowest BCUT2D eigenvalue weighted by atomic mass is 10.0. The molecule has 1 unspecified atom stereocenters. The van der Waals surface area contributed by atoms with E-state index in [9.17, 15) is 13.9 Å². The Kier molecular flexibility index (Phi) is 3.84. The maximum absolute atomic E-state index is 12.0. The summed E-state index contributed by atoms with van der Waals surface area (Å²) in [6, 6.07) is 9.31. The molecule has 0 bridgehead atoms. The van der Waals surface area contributed by atoms with Gasteiger partial charge in [0.1, 0.15) is 11.9 Å². The number of nitrogens with zero attached hydrogens (tertiary/aromatic N) is 1. The SMILES string of the molecule is OC(c1ccc(OC(F)F)cc1)c1cccnc1. The fourth-order valence-electron chi connectivity index (χ4n) is 1.56. The van der Waals surface area contributed by atoms with Crippen molar-refractivity contribution in [3.05, 3.63) is 59.9 Å². The maximum atomic E-state index is 12.0. The van der Waals surface area contributed by atoms with Crippen LogP contribution in [0.4, 0.5) is 8.78 Å². The Bertz CT molecular complexity index is 488. The molecule has 0 fully saturated rings. The molecule has 18 heavy (non-hydrogen) atoms. The predicted molar refractivity (Wildman–Crippen MR) is 61.4 cm³/mol. The Morgan fingerprint density at radius 1 is 1.06 bits per heavy atom. The first-order chi connectivity index (χ1) is 8.66. The highest BCUT2D eigenvalue weighted by Crippen LogP contribution is 2.23. The van der Waals surface area contributed by atoms with E-state index < -0.39 is 12.7 Å². The average Bonchev–Trinajstić information content (AvgIpc) is 2.39. The molecule has 1 N–H and O–H groups in total. The molecule has 2 aromatic rings. The second-order valence-electron chi connectivity index (χ2n) is 3.64. The van der Waals surface area contributed by atoms with Gasteiger partial charge in [-0.1, -0.05) is 18.2 Å². The zero-order valence-corrected chi connectivity index (χ0v) is 9.33. The summed E-state index contributed by atoms with van der Waals surface area (Å²) in [5, 5.41) is 10.0. The largest absolute Gasteiger partial charge is 0.435 e. The smallest absolute Gasteiger partial charge is 0.387 e. The highest BCUT2D eigenvalue weighted by atomic mass is 19.3. The first kappa shape index (κ1) is 12.4. The van der Waals surface area contributed by atoms with Crippen LogP contribution in [-0.4, -0.2) is 16.7 Å². The van der Waals surface area contributed by atoms with Gasteiger partial charge in [0.25, 0.3) is 0 Å². The van der Waals surface area contributed by atoms with E-state index in [0.717, 1.165) is 0 Å². The summed E-state index contributed by atoms with van der Waals surface area (Å²) in [7, 11) is 0. The van der Waals surface area contributed by atoms with Crippen LogP contribution in [0, 0.1) is 0 Å². The van der Waals surface area contributed by atoms with Crippen molar-refractivity contribution in [3.8, 4) is 5.75 Å². The molecule has 0 saturated heterocycles. The molecule has 0 saturated carbocycles. The van der Waals surface area contributed by atoms with Crippen LogP contribution < -0.4 is 4.74 Å². The van der Waals surface area contributed by atoms with Crippen LogP contribution in [0.2, 0.25) is 0 Å². The number of aromatic nitrogens is 1. The third-order valence-electron chi connectivity index (χ3n) is 2.42. The Balaban J connectivity index is 2.14. The number of hydrogen-bond donors (Lipinski definition) is 1. The number of aliphatic hydroxyl groups excluding tert-OH is 1. The third kappa shape index (κ3) is 3.01. The fraction of sp³-hybridized carbons (Fsp3) is 0.154. The van der Waals surface area contributed by atoms with Crippen molar-refractivity contribution in [2.75, 3.05) is 0 Å². The lowest BCUT2D eigenvalue weighted by molar-refractivity contribution is -0.0498. The van der Waals surface area contributed by atoms with Crippen molar-refractivity contribution in [3.63, 3.8) is 0 Å². The van der Waals surface area contributed by atoms with E-state index in [2.05, 4.69) is 9.72 Å². The van der Waals surface area contributed by atoms with Crippen molar-refractivity contribution in [1.82, 2.24) is 4.98 Å². The van der Waals surface area contributed by atoms with Crippen molar-refractivity contribution >= 4 is 0 Å². The molecule has 0 radical (unpaired) electrons. The molecular formula is C13H11F2NO2. The van der Waals surface area contributed by atoms with Gasteiger partial charge in [-0.25, -0.2) is 0 Å². The molecule has 2 rings (SSSR count). The molecule has 0 spiro atoms. The quantitative estimate of drug-likeness (QED) is 0.908. The lowest BCUT2D eigenvalue weighted by Gasteiger charge is -2.11. The Labute approximate surface area is 103 Å². The summed E-state index contributed by atoms with van der Waals surface area (Å²) in [5.41, 5.74) is 1.23. The van der Waals surface area contributed by atoms with Gasteiger partial charge in [0.2, 0.25) is 0 Å². The summed E-state index contributed by atoms with van der Waals surface area (Å²) < 4.78 is 28.2. The van der Waals surface area contributed by atoms with E-state index >= 15 is 0 Å². The van der Waals surface area contributed by atoms with Crippen LogP contribution >= 0.6 is 0 Å². The number of alkyl halides is 2. The van der Waals surface area contributed by atoms with Crippen LogP contribution in [0.25, 0.3) is 0 Å². The van der Waals surface area contributed by atoms with E-state index in [0.29, 0.717) is 11.1 Å². The van der Waals surface area contributed by atoms with Crippen molar-refractivity contribution in [1.29, 1.82) is 0 Å². The van der Waals surface area contributed by atoms with Crippen molar-refractivity contribution < 1.29 is 18.6 Å². The molecule has 1 heterocycles. The average molecular weight is 251 g/mol. The number of benzene rings is 1. The van der Waals surface area contributed by atoms with E-state index in [1.165, 1.54) is 24.3 Å². The first-order valence-corrected chi connectivity index (χ1v) is 5.29. The van der Waals surface area contributed by atoms with Gasteiger partial charge in [-0.05, 0) is 23.8 Å². The Hall–Kier alpha value is -2.01.